The number of nitrogens with zero attached hydrogens (tertiary/aromatic N) is 5. The van der Waals surface area contributed by atoms with Gasteiger partial charge in [-0.25, -0.2) is 14.6 Å². The molecule has 0 saturated carbocycles. The number of benzene rings is 3. The number of fused-ring (bicyclic) bond motifs is 2. The number of amides is 1. The van der Waals surface area contributed by atoms with Crippen LogP contribution in [0, 0.1) is 0 Å². The third-order valence-corrected chi connectivity index (χ3v) is 9.07. The van der Waals surface area contributed by atoms with E-state index in [0.717, 1.165) is 64.2 Å². The number of ketones is 1. The van der Waals surface area contributed by atoms with Gasteiger partial charge in [0.25, 0.3) is 5.91 Å². The van der Waals surface area contributed by atoms with Gasteiger partial charge in [0.15, 0.2) is 11.4 Å². The number of carbonyl (C=O) groups is 2. The molecule has 0 saturated heterocycles. The molecule has 7 rings (SSSR count). The molecule has 3 aromatic carbocycles. The minimum absolute atomic E-state index is 0.0784. The molecule has 4 heterocycles. The molecule has 1 amide bonds. The normalized spacial score (nSPS) is 13.3. The first kappa shape index (κ1) is 32.6. The number of rotatable bonds is 7. The van der Waals surface area contributed by atoms with Crippen LogP contribution in [0.25, 0.3) is 16.7 Å². The van der Waals surface area contributed by atoms with Gasteiger partial charge in [0.2, 0.25) is 0 Å². The number of alkyl halides is 3. The van der Waals surface area contributed by atoms with E-state index in [1.807, 2.05) is 30.3 Å². The standard InChI is InChI=1S/C36H25BrClF3N6O2/c37-26-6-9-32(28(15-26)33(48)25-17-43-47(20-25)27-7-8-30(38)29(16-27)36(39,40)41)45-35(49)23-4-1-3-21(13-23)18-46-12-10-31-24(19-46)14-22-5-2-11-42-34(22)44-31/h1-9,11,13-17,20H,10,12,18-19H2,(H,45,49). The number of carbonyl (C=O) groups excluding carboxylic acids is 2. The first-order valence-corrected chi connectivity index (χ1v) is 16.3. The first-order chi connectivity index (χ1) is 23.5. The number of anilines is 1. The number of hydrogen-bond donors (Lipinski definition) is 1. The highest BCUT2D eigenvalue weighted by molar-refractivity contribution is 9.10. The molecule has 0 radical (unpaired) electrons. The van der Waals surface area contributed by atoms with E-state index in [4.69, 9.17) is 16.6 Å². The fraction of sp³-hybridized carbons (Fsp3) is 0.139. The third kappa shape index (κ3) is 6.98. The molecule has 1 N–H and O–H groups in total. The number of pyridine rings is 2. The van der Waals surface area contributed by atoms with E-state index in [-0.39, 0.29) is 22.5 Å². The van der Waals surface area contributed by atoms with E-state index >= 15 is 0 Å². The van der Waals surface area contributed by atoms with Crippen LogP contribution in [0.2, 0.25) is 5.02 Å². The van der Waals surface area contributed by atoms with Crippen LogP contribution in [-0.4, -0.2) is 42.9 Å². The lowest BCUT2D eigenvalue weighted by molar-refractivity contribution is -0.137. The zero-order chi connectivity index (χ0) is 34.3. The van der Waals surface area contributed by atoms with Crippen LogP contribution in [-0.2, 0) is 25.7 Å². The van der Waals surface area contributed by atoms with Gasteiger partial charge in [0, 0.05) is 65.1 Å². The van der Waals surface area contributed by atoms with Crippen molar-refractivity contribution in [2.75, 3.05) is 11.9 Å². The van der Waals surface area contributed by atoms with Gasteiger partial charge in [-0.2, -0.15) is 18.3 Å². The maximum absolute atomic E-state index is 13.7. The molecule has 6 aromatic rings. The van der Waals surface area contributed by atoms with Gasteiger partial charge < -0.3 is 5.32 Å². The Kier molecular flexibility index (Phi) is 8.78. The quantitative estimate of drug-likeness (QED) is 0.166. The average molecular weight is 746 g/mol. The van der Waals surface area contributed by atoms with Crippen molar-refractivity contribution in [1.82, 2.24) is 24.6 Å². The molecule has 8 nitrogen and oxygen atoms in total. The highest BCUT2D eigenvalue weighted by atomic mass is 79.9. The highest BCUT2D eigenvalue weighted by Gasteiger charge is 2.33. The van der Waals surface area contributed by atoms with E-state index in [9.17, 15) is 22.8 Å². The smallest absolute Gasteiger partial charge is 0.321 e. The van der Waals surface area contributed by atoms with E-state index in [2.05, 4.69) is 42.3 Å². The Bertz CT molecular complexity index is 2260. The number of halogens is 5. The largest absolute Gasteiger partial charge is 0.417 e. The van der Waals surface area contributed by atoms with Crippen molar-refractivity contribution >= 4 is 55.9 Å². The zero-order valence-electron chi connectivity index (χ0n) is 25.5. The molecule has 1 aliphatic heterocycles. The zero-order valence-corrected chi connectivity index (χ0v) is 27.9. The number of hydrogen-bond acceptors (Lipinski definition) is 6. The van der Waals surface area contributed by atoms with Gasteiger partial charge in [-0.05, 0) is 77.9 Å². The van der Waals surface area contributed by atoms with E-state index in [0.29, 0.717) is 16.6 Å². The van der Waals surface area contributed by atoms with Gasteiger partial charge in [0.05, 0.1) is 33.7 Å². The Hall–Kier alpha value is -4.91. The fourth-order valence-corrected chi connectivity index (χ4v) is 6.43. The Labute approximate surface area is 291 Å². The highest BCUT2D eigenvalue weighted by Crippen LogP contribution is 2.36. The van der Waals surface area contributed by atoms with Crippen molar-refractivity contribution in [2.24, 2.45) is 0 Å². The third-order valence-electron chi connectivity index (χ3n) is 8.25. The Morgan fingerprint density at radius 3 is 2.67 bits per heavy atom. The van der Waals surface area contributed by atoms with Gasteiger partial charge in [-0.15, -0.1) is 0 Å². The van der Waals surface area contributed by atoms with Crippen LogP contribution in [0.1, 0.15) is 48.7 Å². The van der Waals surface area contributed by atoms with E-state index < -0.39 is 28.5 Å². The van der Waals surface area contributed by atoms with Gasteiger partial charge >= 0.3 is 6.18 Å². The van der Waals surface area contributed by atoms with Crippen LogP contribution >= 0.6 is 27.5 Å². The van der Waals surface area contributed by atoms with Crippen molar-refractivity contribution < 1.29 is 22.8 Å². The van der Waals surface area contributed by atoms with Crippen LogP contribution in [0.15, 0.2) is 102 Å². The molecule has 246 valence electrons. The summed E-state index contributed by atoms with van der Waals surface area (Å²) in [7, 11) is 0. The average Bonchev–Trinajstić information content (AvgIpc) is 3.58. The fourth-order valence-electron chi connectivity index (χ4n) is 5.85. The van der Waals surface area contributed by atoms with Gasteiger partial charge in [0.1, 0.15) is 0 Å². The first-order valence-electron chi connectivity index (χ1n) is 15.1. The SMILES string of the molecule is O=C(Nc1ccc(Br)cc1C(=O)c1cnn(-c2ccc(Cl)c(C(F)(F)F)c2)c1)c1cccc(CN2CCc3nc4ncccc4cc3C2)c1. The second-order valence-electron chi connectivity index (χ2n) is 11.6. The van der Waals surface area contributed by atoms with Crippen molar-refractivity contribution in [3.05, 3.63) is 146 Å². The summed E-state index contributed by atoms with van der Waals surface area (Å²) in [5.74, 6) is -0.882. The molecule has 0 atom stereocenters. The van der Waals surface area contributed by atoms with Crippen LogP contribution < -0.4 is 5.32 Å². The van der Waals surface area contributed by atoms with Crippen LogP contribution in [0.3, 0.4) is 0 Å². The molecule has 1 aliphatic rings. The summed E-state index contributed by atoms with van der Waals surface area (Å²) in [4.78, 5) is 38.6. The second-order valence-corrected chi connectivity index (χ2v) is 12.9. The minimum atomic E-state index is -4.66. The number of nitrogens with one attached hydrogen (secondary N) is 1. The molecule has 13 heteroatoms. The van der Waals surface area contributed by atoms with Crippen molar-refractivity contribution in [1.29, 1.82) is 0 Å². The Balaban J connectivity index is 1.07. The lowest BCUT2D eigenvalue weighted by Gasteiger charge is -2.28. The summed E-state index contributed by atoms with van der Waals surface area (Å²) in [6, 6.07) is 21.6. The molecule has 0 aliphatic carbocycles. The summed E-state index contributed by atoms with van der Waals surface area (Å²) in [5, 5.41) is 7.52. The predicted molar refractivity (Wildman–Crippen MR) is 183 cm³/mol. The van der Waals surface area contributed by atoms with E-state index in [1.165, 1.54) is 18.5 Å². The summed E-state index contributed by atoms with van der Waals surface area (Å²) in [5.41, 5.74) is 3.98. The molecule has 0 fully saturated rings. The van der Waals surface area contributed by atoms with Crippen molar-refractivity contribution in [2.45, 2.75) is 25.7 Å². The summed E-state index contributed by atoms with van der Waals surface area (Å²) in [6.07, 6.45) is 0.475. The summed E-state index contributed by atoms with van der Waals surface area (Å²) < 4.78 is 42.0. The molecular weight excluding hydrogens is 721 g/mol. The maximum atomic E-state index is 13.7. The number of aromatic nitrogens is 4. The second kappa shape index (κ2) is 13.2. The molecule has 0 unspecified atom stereocenters. The minimum Gasteiger partial charge on any atom is -0.321 e. The van der Waals surface area contributed by atoms with Crippen LogP contribution in [0.4, 0.5) is 18.9 Å². The van der Waals surface area contributed by atoms with Gasteiger partial charge in [-0.1, -0.05) is 39.7 Å². The summed E-state index contributed by atoms with van der Waals surface area (Å²) in [6.45, 7) is 2.18. The lowest BCUT2D eigenvalue weighted by atomic mass is 10.0. The van der Waals surface area contributed by atoms with Crippen molar-refractivity contribution in [3.8, 4) is 5.69 Å². The van der Waals surface area contributed by atoms with Crippen LogP contribution in [0.5, 0.6) is 0 Å². The molecule has 0 spiro atoms. The topological polar surface area (TPSA) is 93.0 Å². The predicted octanol–water partition coefficient (Wildman–Crippen LogP) is 8.29. The Morgan fingerprint density at radius 1 is 0.980 bits per heavy atom. The molecule has 3 aromatic heterocycles. The molecular formula is C36H25BrClF3N6O2. The lowest BCUT2D eigenvalue weighted by Crippen LogP contribution is -2.30. The van der Waals surface area contributed by atoms with E-state index in [1.54, 1.807) is 30.5 Å². The van der Waals surface area contributed by atoms with Crippen molar-refractivity contribution in [3.63, 3.8) is 0 Å². The van der Waals surface area contributed by atoms with Gasteiger partial charge in [-0.3, -0.25) is 14.5 Å². The Morgan fingerprint density at radius 2 is 1.84 bits per heavy atom. The summed E-state index contributed by atoms with van der Waals surface area (Å²) >= 11 is 9.14. The maximum Gasteiger partial charge on any atom is 0.417 e. The monoisotopic (exact) mass is 744 g/mol. The molecule has 0 bridgehead atoms. The molecule has 49 heavy (non-hydrogen) atoms.